The van der Waals surface area contributed by atoms with Gasteiger partial charge in [0.05, 0.1) is 30.0 Å². The van der Waals surface area contributed by atoms with Gasteiger partial charge in [0.2, 0.25) is 5.75 Å². The van der Waals surface area contributed by atoms with E-state index in [2.05, 4.69) is 10.5 Å². The van der Waals surface area contributed by atoms with Crippen molar-refractivity contribution in [2.75, 3.05) is 18.6 Å². The Morgan fingerprint density at radius 1 is 1.07 bits per heavy atom. The lowest BCUT2D eigenvalue weighted by Crippen LogP contribution is -2.04. The first-order chi connectivity index (χ1) is 13.0. The van der Waals surface area contributed by atoms with Crippen LogP contribution in [0.1, 0.15) is 37.8 Å². The quantitative estimate of drug-likeness (QED) is 0.364. The molecule has 2 aromatic carbocycles. The van der Waals surface area contributed by atoms with E-state index in [4.69, 9.17) is 9.47 Å². The molecule has 0 saturated heterocycles. The fourth-order valence-electron chi connectivity index (χ4n) is 2.28. The van der Waals surface area contributed by atoms with E-state index in [0.29, 0.717) is 24.5 Å². The van der Waals surface area contributed by atoms with E-state index in [9.17, 15) is 10.1 Å². The van der Waals surface area contributed by atoms with Crippen LogP contribution in [0.2, 0.25) is 0 Å². The summed E-state index contributed by atoms with van der Waals surface area (Å²) in [6.45, 7) is 6.84. The SMILES string of the molecule is CCCOc1cc(OCCC)c([N+](=O)[O-])cc1C=NNc1ccc(C)cc1. The number of benzene rings is 2. The molecule has 0 heterocycles. The highest BCUT2D eigenvalue weighted by Crippen LogP contribution is 2.34. The van der Waals surface area contributed by atoms with Crippen molar-refractivity contribution in [3.63, 3.8) is 0 Å². The molecule has 0 aliphatic carbocycles. The lowest BCUT2D eigenvalue weighted by Gasteiger charge is -2.12. The second-order valence-electron chi connectivity index (χ2n) is 6.05. The van der Waals surface area contributed by atoms with Gasteiger partial charge in [-0.2, -0.15) is 5.10 Å². The average Bonchev–Trinajstić information content (AvgIpc) is 2.66. The number of hydrogen-bond acceptors (Lipinski definition) is 6. The van der Waals surface area contributed by atoms with Crippen molar-refractivity contribution < 1.29 is 14.4 Å². The van der Waals surface area contributed by atoms with Crippen LogP contribution < -0.4 is 14.9 Å². The molecule has 0 radical (unpaired) electrons. The Morgan fingerprint density at radius 2 is 1.70 bits per heavy atom. The maximum absolute atomic E-state index is 11.4. The molecule has 2 aromatic rings. The Morgan fingerprint density at radius 3 is 2.30 bits per heavy atom. The molecule has 0 atom stereocenters. The lowest BCUT2D eigenvalue weighted by molar-refractivity contribution is -0.385. The van der Waals surface area contributed by atoms with Crippen molar-refractivity contribution in [3.8, 4) is 11.5 Å². The second-order valence-corrected chi connectivity index (χ2v) is 6.05. The molecule has 0 fully saturated rings. The van der Waals surface area contributed by atoms with Crippen LogP contribution in [-0.2, 0) is 0 Å². The molecule has 0 saturated carbocycles. The average molecular weight is 371 g/mol. The molecule has 0 amide bonds. The highest BCUT2D eigenvalue weighted by Gasteiger charge is 2.20. The third-order valence-corrected chi connectivity index (χ3v) is 3.66. The number of aryl methyl sites for hydroxylation is 1. The van der Waals surface area contributed by atoms with Crippen molar-refractivity contribution >= 4 is 17.6 Å². The highest BCUT2D eigenvalue weighted by atomic mass is 16.6. The number of nitrogens with one attached hydrogen (secondary N) is 1. The molecule has 0 aliphatic rings. The molecule has 2 rings (SSSR count). The summed E-state index contributed by atoms with van der Waals surface area (Å²) in [5, 5.41) is 15.6. The van der Waals surface area contributed by atoms with Crippen LogP contribution in [0.5, 0.6) is 11.5 Å². The molecule has 0 aliphatic heterocycles. The van der Waals surface area contributed by atoms with Crippen molar-refractivity contribution in [1.82, 2.24) is 0 Å². The smallest absolute Gasteiger partial charge is 0.311 e. The van der Waals surface area contributed by atoms with Gasteiger partial charge in [-0.1, -0.05) is 31.5 Å². The van der Waals surface area contributed by atoms with Crippen molar-refractivity contribution in [2.24, 2.45) is 5.10 Å². The Kier molecular flexibility index (Phi) is 7.61. The number of nitro groups is 1. The minimum absolute atomic E-state index is 0.107. The van der Waals surface area contributed by atoms with Gasteiger partial charge in [-0.25, -0.2) is 0 Å². The summed E-state index contributed by atoms with van der Waals surface area (Å²) in [7, 11) is 0. The van der Waals surface area contributed by atoms with Crippen LogP contribution in [-0.4, -0.2) is 24.4 Å². The van der Waals surface area contributed by atoms with Crippen LogP contribution in [0, 0.1) is 17.0 Å². The summed E-state index contributed by atoms with van der Waals surface area (Å²) in [4.78, 5) is 11.0. The van der Waals surface area contributed by atoms with Gasteiger partial charge in [0.1, 0.15) is 5.75 Å². The summed E-state index contributed by atoms with van der Waals surface area (Å²) in [5.74, 6) is 0.708. The summed E-state index contributed by atoms with van der Waals surface area (Å²) in [6, 6.07) is 10.8. The predicted molar refractivity (Wildman–Crippen MR) is 107 cm³/mol. The second kappa shape index (κ2) is 10.2. The van der Waals surface area contributed by atoms with Crippen LogP contribution in [0.4, 0.5) is 11.4 Å². The fourth-order valence-corrected chi connectivity index (χ4v) is 2.28. The number of anilines is 1. The molecule has 7 heteroatoms. The molecular formula is C20H25N3O4. The van der Waals surface area contributed by atoms with E-state index in [1.165, 1.54) is 12.3 Å². The molecular weight excluding hydrogens is 346 g/mol. The minimum atomic E-state index is -0.459. The van der Waals surface area contributed by atoms with Gasteiger partial charge in [-0.05, 0) is 31.9 Å². The minimum Gasteiger partial charge on any atom is -0.493 e. The van der Waals surface area contributed by atoms with E-state index < -0.39 is 4.92 Å². The maximum atomic E-state index is 11.4. The number of nitro benzene ring substituents is 1. The van der Waals surface area contributed by atoms with Crippen molar-refractivity contribution in [2.45, 2.75) is 33.6 Å². The Balaban J connectivity index is 2.30. The molecule has 144 valence electrons. The van der Waals surface area contributed by atoms with Crippen molar-refractivity contribution in [1.29, 1.82) is 0 Å². The monoisotopic (exact) mass is 371 g/mol. The van der Waals surface area contributed by atoms with E-state index in [-0.39, 0.29) is 11.4 Å². The summed E-state index contributed by atoms with van der Waals surface area (Å²) in [5.41, 5.74) is 5.29. The third kappa shape index (κ3) is 5.99. The summed E-state index contributed by atoms with van der Waals surface area (Å²) < 4.78 is 11.3. The first-order valence-corrected chi connectivity index (χ1v) is 8.99. The molecule has 0 aromatic heterocycles. The summed E-state index contributed by atoms with van der Waals surface area (Å²) in [6.07, 6.45) is 3.09. The van der Waals surface area contributed by atoms with E-state index >= 15 is 0 Å². The molecule has 0 unspecified atom stereocenters. The topological polar surface area (TPSA) is 86.0 Å². The van der Waals surface area contributed by atoms with Crippen LogP contribution in [0.3, 0.4) is 0 Å². The number of hydrogen-bond donors (Lipinski definition) is 1. The molecule has 0 bridgehead atoms. The maximum Gasteiger partial charge on any atom is 0.311 e. The van der Waals surface area contributed by atoms with E-state index in [0.717, 1.165) is 24.1 Å². The largest absolute Gasteiger partial charge is 0.493 e. The van der Waals surface area contributed by atoms with E-state index in [1.54, 1.807) is 6.07 Å². The standard InChI is InChI=1S/C20H25N3O4/c1-4-10-26-19-13-20(27-11-5-2)18(23(24)25)12-16(19)14-21-22-17-8-6-15(3)7-9-17/h6-9,12-14,22H,4-5,10-11H2,1-3H3. The van der Waals surface area contributed by atoms with Crippen molar-refractivity contribution in [3.05, 3.63) is 57.6 Å². The van der Waals surface area contributed by atoms with Gasteiger partial charge in [0.15, 0.2) is 0 Å². The molecule has 27 heavy (non-hydrogen) atoms. The summed E-state index contributed by atoms with van der Waals surface area (Å²) >= 11 is 0. The number of nitrogens with zero attached hydrogens (tertiary/aromatic N) is 2. The van der Waals surface area contributed by atoms with Crippen LogP contribution in [0.15, 0.2) is 41.5 Å². The van der Waals surface area contributed by atoms with Gasteiger partial charge in [0.25, 0.3) is 0 Å². The zero-order valence-electron chi connectivity index (χ0n) is 15.9. The Labute approximate surface area is 159 Å². The van der Waals surface area contributed by atoms with Gasteiger partial charge in [-0.3, -0.25) is 15.5 Å². The molecule has 7 nitrogen and oxygen atoms in total. The predicted octanol–water partition coefficient (Wildman–Crippen LogP) is 4.93. The number of hydrazone groups is 1. The first kappa shape index (κ1) is 20.2. The molecule has 0 spiro atoms. The van der Waals surface area contributed by atoms with Gasteiger partial charge in [0, 0.05) is 17.7 Å². The third-order valence-electron chi connectivity index (χ3n) is 3.66. The van der Waals surface area contributed by atoms with Crippen LogP contribution >= 0.6 is 0 Å². The normalized spacial score (nSPS) is 10.8. The van der Waals surface area contributed by atoms with Crippen LogP contribution in [0.25, 0.3) is 0 Å². The zero-order chi connectivity index (χ0) is 19.6. The first-order valence-electron chi connectivity index (χ1n) is 8.99. The lowest BCUT2D eigenvalue weighted by atomic mass is 10.1. The van der Waals surface area contributed by atoms with Gasteiger partial charge >= 0.3 is 5.69 Å². The van der Waals surface area contributed by atoms with Gasteiger partial charge in [-0.15, -0.1) is 0 Å². The highest BCUT2D eigenvalue weighted by molar-refractivity contribution is 5.86. The molecule has 1 N–H and O–H groups in total. The number of ether oxygens (including phenoxy) is 2. The van der Waals surface area contributed by atoms with Gasteiger partial charge < -0.3 is 9.47 Å². The Bertz CT molecular complexity index is 789. The Hall–Kier alpha value is -3.09. The van der Waals surface area contributed by atoms with E-state index in [1.807, 2.05) is 45.0 Å². The number of rotatable bonds is 10. The fraction of sp³-hybridized carbons (Fsp3) is 0.350. The zero-order valence-corrected chi connectivity index (χ0v) is 15.9.